The molecule has 11 heteroatoms. The van der Waals surface area contributed by atoms with Gasteiger partial charge in [-0.3, -0.25) is 14.8 Å². The number of methoxy groups -OCH3 is 2. The lowest BCUT2D eigenvalue weighted by atomic mass is 10.1. The molecule has 38 heavy (non-hydrogen) atoms. The summed E-state index contributed by atoms with van der Waals surface area (Å²) in [6, 6.07) is 8.57. The molecule has 4 aromatic rings. The fraction of sp³-hybridized carbons (Fsp3) is 0.222. The quantitative estimate of drug-likeness (QED) is 0.238. The van der Waals surface area contributed by atoms with Crippen molar-refractivity contribution >= 4 is 33.9 Å². The van der Waals surface area contributed by atoms with Crippen molar-refractivity contribution in [3.8, 4) is 17.2 Å². The molecule has 0 unspecified atom stereocenters. The Morgan fingerprint density at radius 2 is 1.74 bits per heavy atom. The molecule has 0 bridgehead atoms. The molecule has 0 saturated heterocycles. The van der Waals surface area contributed by atoms with Crippen LogP contribution in [0.1, 0.15) is 16.8 Å². The third kappa shape index (κ3) is 5.89. The molecule has 2 aromatic carbocycles. The monoisotopic (exact) mass is 523 g/mol. The van der Waals surface area contributed by atoms with Crippen LogP contribution in [0.2, 0.25) is 0 Å². The van der Waals surface area contributed by atoms with E-state index in [-0.39, 0.29) is 22.7 Å². The standard InChI is InChI=1S/C27H27F2N5O4/c1-30-7-4-10-38-25-14-22-17(13-24(25)37-3)21(5-9-32-22)34-26-19(28)11-16(12-20(26)29)33-27(35)18-15-31-8-6-23(18)36-2/h5-6,8-9,11-15,30H,4,7,10H2,1-3H3,(H,32,34)(H,33,35). The number of anilines is 3. The predicted molar refractivity (Wildman–Crippen MR) is 141 cm³/mol. The number of halogens is 2. The highest BCUT2D eigenvalue weighted by atomic mass is 19.1. The SMILES string of the molecule is CNCCCOc1cc2nccc(Nc3c(F)cc(NC(=O)c4cnccc4OC)cc3F)c2cc1OC. The van der Waals surface area contributed by atoms with Crippen molar-refractivity contribution in [3.05, 3.63) is 72.2 Å². The summed E-state index contributed by atoms with van der Waals surface area (Å²) < 4.78 is 46.5. The van der Waals surface area contributed by atoms with Gasteiger partial charge in [0.1, 0.15) is 11.4 Å². The Morgan fingerprint density at radius 3 is 2.45 bits per heavy atom. The van der Waals surface area contributed by atoms with Crippen LogP contribution in [0, 0.1) is 11.6 Å². The Bertz CT molecular complexity index is 1430. The molecule has 0 aliphatic carbocycles. The number of rotatable bonds is 11. The maximum atomic E-state index is 15.1. The number of fused-ring (bicyclic) bond motifs is 1. The second-order valence-electron chi connectivity index (χ2n) is 8.15. The van der Waals surface area contributed by atoms with Gasteiger partial charge in [0.05, 0.1) is 31.9 Å². The van der Waals surface area contributed by atoms with Gasteiger partial charge < -0.3 is 30.2 Å². The van der Waals surface area contributed by atoms with E-state index < -0.39 is 17.5 Å². The summed E-state index contributed by atoms with van der Waals surface area (Å²) in [7, 11) is 4.78. The van der Waals surface area contributed by atoms with Crippen LogP contribution in [0.15, 0.2) is 55.0 Å². The normalized spacial score (nSPS) is 10.8. The van der Waals surface area contributed by atoms with E-state index in [0.29, 0.717) is 34.7 Å². The fourth-order valence-corrected chi connectivity index (χ4v) is 3.79. The minimum atomic E-state index is -0.903. The molecule has 0 aliphatic rings. The Morgan fingerprint density at radius 1 is 0.974 bits per heavy atom. The molecule has 1 amide bonds. The van der Waals surface area contributed by atoms with E-state index in [1.807, 2.05) is 7.05 Å². The second-order valence-corrected chi connectivity index (χ2v) is 8.15. The van der Waals surface area contributed by atoms with E-state index in [1.165, 1.54) is 38.9 Å². The topological polar surface area (TPSA) is 107 Å². The largest absolute Gasteiger partial charge is 0.496 e. The molecule has 0 saturated carbocycles. The van der Waals surface area contributed by atoms with Crippen LogP contribution >= 0.6 is 0 Å². The van der Waals surface area contributed by atoms with Gasteiger partial charge in [0, 0.05) is 41.4 Å². The van der Waals surface area contributed by atoms with Gasteiger partial charge in [-0.05, 0) is 50.3 Å². The van der Waals surface area contributed by atoms with Crippen molar-refractivity contribution in [1.29, 1.82) is 0 Å². The van der Waals surface area contributed by atoms with Crippen LogP contribution in [0.25, 0.3) is 10.9 Å². The maximum Gasteiger partial charge on any atom is 0.261 e. The van der Waals surface area contributed by atoms with Crippen LogP contribution in [0.4, 0.5) is 25.8 Å². The zero-order valence-corrected chi connectivity index (χ0v) is 21.1. The number of ether oxygens (including phenoxy) is 3. The molecule has 0 atom stereocenters. The summed E-state index contributed by atoms with van der Waals surface area (Å²) in [6.07, 6.45) is 5.09. The minimum absolute atomic E-state index is 0.0669. The Balaban J connectivity index is 1.59. The molecule has 2 heterocycles. The van der Waals surface area contributed by atoms with Crippen molar-refractivity contribution in [2.45, 2.75) is 6.42 Å². The first-order chi connectivity index (χ1) is 18.4. The maximum absolute atomic E-state index is 15.1. The Labute approximate surface area is 218 Å². The highest BCUT2D eigenvalue weighted by Crippen LogP contribution is 2.37. The fourth-order valence-electron chi connectivity index (χ4n) is 3.79. The molecule has 0 radical (unpaired) electrons. The summed E-state index contributed by atoms with van der Waals surface area (Å²) in [4.78, 5) is 20.9. The Kier molecular flexibility index (Phi) is 8.49. The van der Waals surface area contributed by atoms with Crippen LogP contribution in [-0.4, -0.2) is 50.3 Å². The number of hydrogen-bond acceptors (Lipinski definition) is 8. The molecule has 0 spiro atoms. The van der Waals surface area contributed by atoms with Crippen molar-refractivity contribution in [1.82, 2.24) is 15.3 Å². The van der Waals surface area contributed by atoms with Gasteiger partial charge in [0.25, 0.3) is 5.91 Å². The van der Waals surface area contributed by atoms with E-state index in [2.05, 4.69) is 25.9 Å². The zero-order valence-electron chi connectivity index (χ0n) is 21.1. The molecular weight excluding hydrogens is 496 g/mol. The lowest BCUT2D eigenvalue weighted by Gasteiger charge is -2.16. The van der Waals surface area contributed by atoms with Gasteiger partial charge in [-0.2, -0.15) is 0 Å². The number of carbonyl (C=O) groups is 1. The lowest BCUT2D eigenvalue weighted by molar-refractivity contribution is 0.102. The zero-order chi connectivity index (χ0) is 27.1. The second kappa shape index (κ2) is 12.2. The first-order valence-corrected chi connectivity index (χ1v) is 11.7. The first kappa shape index (κ1) is 26.6. The van der Waals surface area contributed by atoms with Crippen molar-refractivity contribution in [2.24, 2.45) is 0 Å². The van der Waals surface area contributed by atoms with E-state index in [9.17, 15) is 4.79 Å². The summed E-state index contributed by atoms with van der Waals surface area (Å²) in [5, 5.41) is 8.91. The molecule has 9 nitrogen and oxygen atoms in total. The third-order valence-electron chi connectivity index (χ3n) is 5.66. The van der Waals surface area contributed by atoms with Crippen LogP contribution < -0.4 is 30.2 Å². The first-order valence-electron chi connectivity index (χ1n) is 11.7. The van der Waals surface area contributed by atoms with Gasteiger partial charge in [-0.15, -0.1) is 0 Å². The van der Waals surface area contributed by atoms with Crippen LogP contribution in [-0.2, 0) is 0 Å². The number of nitrogens with zero attached hydrogens (tertiary/aromatic N) is 2. The molecule has 0 fully saturated rings. The number of hydrogen-bond donors (Lipinski definition) is 3. The number of aromatic nitrogens is 2. The molecule has 2 aromatic heterocycles. The van der Waals surface area contributed by atoms with Gasteiger partial charge in [0.15, 0.2) is 23.1 Å². The van der Waals surface area contributed by atoms with E-state index in [1.54, 1.807) is 18.2 Å². The van der Waals surface area contributed by atoms with Gasteiger partial charge in [0.2, 0.25) is 0 Å². The average molecular weight is 524 g/mol. The third-order valence-corrected chi connectivity index (χ3v) is 5.66. The molecular formula is C27H27F2N5O4. The Hall–Kier alpha value is -4.51. The van der Waals surface area contributed by atoms with Crippen molar-refractivity contribution in [3.63, 3.8) is 0 Å². The summed E-state index contributed by atoms with van der Waals surface area (Å²) in [6.45, 7) is 1.28. The summed E-state index contributed by atoms with van der Waals surface area (Å²) in [5.74, 6) is -1.17. The highest BCUT2D eigenvalue weighted by Gasteiger charge is 2.18. The van der Waals surface area contributed by atoms with E-state index >= 15 is 8.78 Å². The van der Waals surface area contributed by atoms with Gasteiger partial charge in [-0.25, -0.2) is 8.78 Å². The van der Waals surface area contributed by atoms with Gasteiger partial charge in [-0.1, -0.05) is 0 Å². The summed E-state index contributed by atoms with van der Waals surface area (Å²) >= 11 is 0. The minimum Gasteiger partial charge on any atom is -0.496 e. The molecule has 3 N–H and O–H groups in total. The van der Waals surface area contributed by atoms with Crippen molar-refractivity contribution in [2.75, 3.05) is 45.1 Å². The number of carbonyl (C=O) groups excluding carboxylic acids is 1. The number of benzene rings is 2. The van der Waals surface area contributed by atoms with E-state index in [0.717, 1.165) is 25.1 Å². The molecule has 198 valence electrons. The molecule has 0 aliphatic heterocycles. The molecule has 4 rings (SSSR count). The predicted octanol–water partition coefficient (Wildman–Crippen LogP) is 4.91. The van der Waals surface area contributed by atoms with Crippen LogP contribution in [0.5, 0.6) is 17.2 Å². The summed E-state index contributed by atoms with van der Waals surface area (Å²) in [5.41, 5.74) is 0.628. The number of amides is 1. The van der Waals surface area contributed by atoms with Gasteiger partial charge >= 0.3 is 0 Å². The van der Waals surface area contributed by atoms with E-state index in [4.69, 9.17) is 14.2 Å². The van der Waals surface area contributed by atoms with Crippen LogP contribution in [0.3, 0.4) is 0 Å². The van der Waals surface area contributed by atoms with Crippen molar-refractivity contribution < 1.29 is 27.8 Å². The number of pyridine rings is 2. The lowest BCUT2D eigenvalue weighted by Crippen LogP contribution is -2.14. The highest BCUT2D eigenvalue weighted by molar-refractivity contribution is 6.06. The number of nitrogens with one attached hydrogen (secondary N) is 3. The average Bonchev–Trinajstić information content (AvgIpc) is 2.92. The smallest absolute Gasteiger partial charge is 0.261 e.